The van der Waals surface area contributed by atoms with Crippen LogP contribution < -0.4 is 5.32 Å². The molecule has 1 aliphatic heterocycles. The van der Waals surface area contributed by atoms with Gasteiger partial charge in [0.2, 0.25) is 0 Å². The predicted molar refractivity (Wildman–Crippen MR) is 70.9 cm³/mol. The van der Waals surface area contributed by atoms with Crippen molar-refractivity contribution in [1.29, 1.82) is 0 Å². The van der Waals surface area contributed by atoms with Gasteiger partial charge in [-0.2, -0.15) is 0 Å². The van der Waals surface area contributed by atoms with E-state index in [-0.39, 0.29) is 25.2 Å². The number of aliphatic carboxylic acids is 1. The molecular formula is C13H22N2O4. The van der Waals surface area contributed by atoms with E-state index in [0.29, 0.717) is 5.92 Å². The molecule has 0 aromatic carbocycles. The van der Waals surface area contributed by atoms with Gasteiger partial charge in [0, 0.05) is 25.8 Å². The van der Waals surface area contributed by atoms with Gasteiger partial charge in [0.15, 0.2) is 0 Å². The second kappa shape index (κ2) is 7.78. The van der Waals surface area contributed by atoms with E-state index in [1.165, 1.54) is 11.0 Å². The summed E-state index contributed by atoms with van der Waals surface area (Å²) in [5, 5.41) is 11.6. The summed E-state index contributed by atoms with van der Waals surface area (Å²) >= 11 is 0. The Morgan fingerprint density at radius 3 is 2.68 bits per heavy atom. The molecule has 0 aromatic rings. The van der Waals surface area contributed by atoms with Gasteiger partial charge in [-0.25, -0.2) is 4.79 Å². The molecule has 0 aliphatic carbocycles. The second-order valence-corrected chi connectivity index (χ2v) is 4.75. The molecule has 108 valence electrons. The van der Waals surface area contributed by atoms with Crippen LogP contribution in [0, 0.1) is 5.92 Å². The number of hydrogen-bond acceptors (Lipinski definition) is 3. The first-order valence-electron chi connectivity index (χ1n) is 6.50. The number of carbonyl (C=O) groups is 2. The van der Waals surface area contributed by atoms with Gasteiger partial charge in [-0.05, 0) is 25.7 Å². The minimum Gasteiger partial charge on any atom is -0.480 e. The minimum atomic E-state index is -1.03. The smallest absolute Gasteiger partial charge is 0.323 e. The van der Waals surface area contributed by atoms with E-state index in [1.54, 1.807) is 0 Å². The molecule has 19 heavy (non-hydrogen) atoms. The van der Waals surface area contributed by atoms with Crippen molar-refractivity contribution >= 4 is 12.0 Å². The van der Waals surface area contributed by atoms with Crippen LogP contribution in [0.3, 0.4) is 0 Å². The van der Waals surface area contributed by atoms with Gasteiger partial charge < -0.3 is 20.1 Å². The molecule has 0 radical (unpaired) electrons. The van der Waals surface area contributed by atoms with Crippen molar-refractivity contribution in [3.63, 3.8) is 0 Å². The van der Waals surface area contributed by atoms with Crippen molar-refractivity contribution in [2.24, 2.45) is 5.92 Å². The van der Waals surface area contributed by atoms with Gasteiger partial charge in [-0.15, -0.1) is 6.58 Å². The third-order valence-corrected chi connectivity index (χ3v) is 3.29. The Balaban J connectivity index is 2.49. The van der Waals surface area contributed by atoms with E-state index < -0.39 is 5.97 Å². The highest BCUT2D eigenvalue weighted by molar-refractivity contribution is 5.80. The number of nitrogens with zero attached hydrogens (tertiary/aromatic N) is 1. The van der Waals surface area contributed by atoms with Crippen LogP contribution in [0.5, 0.6) is 0 Å². The largest absolute Gasteiger partial charge is 0.480 e. The molecule has 1 fully saturated rings. The van der Waals surface area contributed by atoms with Crippen LogP contribution in [0.2, 0.25) is 0 Å². The van der Waals surface area contributed by atoms with Gasteiger partial charge in [-0.3, -0.25) is 4.79 Å². The van der Waals surface area contributed by atoms with Crippen molar-refractivity contribution in [2.45, 2.75) is 25.8 Å². The van der Waals surface area contributed by atoms with Crippen LogP contribution in [-0.2, 0) is 9.53 Å². The number of hydrogen-bond donors (Lipinski definition) is 2. The predicted octanol–water partition coefficient (Wildman–Crippen LogP) is 1.08. The van der Waals surface area contributed by atoms with E-state index >= 15 is 0 Å². The van der Waals surface area contributed by atoms with Crippen molar-refractivity contribution < 1.29 is 19.4 Å². The molecule has 0 spiro atoms. The SMILES string of the molecule is C=CCN(CC(=O)O)C(=O)NC(C)C1CCOCC1. The topological polar surface area (TPSA) is 78.9 Å². The lowest BCUT2D eigenvalue weighted by Gasteiger charge is -2.30. The van der Waals surface area contributed by atoms with E-state index in [4.69, 9.17) is 9.84 Å². The number of carboxylic acid groups (broad SMARTS) is 1. The summed E-state index contributed by atoms with van der Waals surface area (Å²) in [7, 11) is 0. The molecular weight excluding hydrogens is 248 g/mol. The van der Waals surface area contributed by atoms with Gasteiger partial charge in [0.1, 0.15) is 6.54 Å². The maximum Gasteiger partial charge on any atom is 0.323 e. The third-order valence-electron chi connectivity index (χ3n) is 3.29. The summed E-state index contributed by atoms with van der Waals surface area (Å²) in [6.45, 7) is 6.81. The fraction of sp³-hybridized carbons (Fsp3) is 0.692. The summed E-state index contributed by atoms with van der Waals surface area (Å²) in [5.74, 6) is -0.649. The lowest BCUT2D eigenvalue weighted by atomic mass is 9.93. The maximum absolute atomic E-state index is 12.0. The molecule has 0 saturated carbocycles. The van der Waals surface area contributed by atoms with Crippen LogP contribution in [0.4, 0.5) is 4.79 Å². The average molecular weight is 270 g/mol. The zero-order valence-corrected chi connectivity index (χ0v) is 11.3. The Labute approximate surface area is 113 Å². The molecule has 0 bridgehead atoms. The molecule has 1 unspecified atom stereocenters. The number of nitrogens with one attached hydrogen (secondary N) is 1. The van der Waals surface area contributed by atoms with Crippen molar-refractivity contribution in [3.05, 3.63) is 12.7 Å². The highest BCUT2D eigenvalue weighted by Crippen LogP contribution is 2.18. The first-order valence-corrected chi connectivity index (χ1v) is 6.50. The third kappa shape index (κ3) is 5.30. The zero-order chi connectivity index (χ0) is 14.3. The van der Waals surface area contributed by atoms with Gasteiger partial charge >= 0.3 is 12.0 Å². The van der Waals surface area contributed by atoms with Crippen LogP contribution in [0.25, 0.3) is 0 Å². The maximum atomic E-state index is 12.0. The Bertz CT molecular complexity index is 327. The number of carbonyl (C=O) groups excluding carboxylic acids is 1. The summed E-state index contributed by atoms with van der Waals surface area (Å²) in [5.41, 5.74) is 0. The molecule has 6 heteroatoms. The molecule has 1 aliphatic rings. The number of amides is 2. The standard InChI is InChI=1S/C13H22N2O4/c1-3-6-15(9-12(16)17)13(18)14-10(2)11-4-7-19-8-5-11/h3,10-11H,1,4-9H2,2H3,(H,14,18)(H,16,17). The van der Waals surface area contributed by atoms with Gasteiger partial charge in [-0.1, -0.05) is 6.08 Å². The lowest BCUT2D eigenvalue weighted by molar-refractivity contribution is -0.137. The van der Waals surface area contributed by atoms with Crippen molar-refractivity contribution in [3.8, 4) is 0 Å². The highest BCUT2D eigenvalue weighted by Gasteiger charge is 2.24. The number of rotatable bonds is 6. The molecule has 2 amide bonds. The van der Waals surface area contributed by atoms with Crippen molar-refractivity contribution in [2.75, 3.05) is 26.3 Å². The second-order valence-electron chi connectivity index (χ2n) is 4.75. The Morgan fingerprint density at radius 2 is 2.16 bits per heavy atom. The molecule has 1 rings (SSSR count). The number of ether oxygens (including phenoxy) is 1. The first kappa shape index (κ1) is 15.5. The lowest BCUT2D eigenvalue weighted by Crippen LogP contribution is -2.48. The van der Waals surface area contributed by atoms with Gasteiger partial charge in [0.25, 0.3) is 0 Å². The summed E-state index contributed by atoms with van der Waals surface area (Å²) < 4.78 is 5.28. The number of urea groups is 1. The Morgan fingerprint density at radius 1 is 1.53 bits per heavy atom. The van der Waals surface area contributed by atoms with Crippen LogP contribution in [-0.4, -0.2) is 54.4 Å². The molecule has 2 N–H and O–H groups in total. The van der Waals surface area contributed by atoms with E-state index in [1.807, 2.05) is 6.92 Å². The molecule has 0 aromatic heterocycles. The first-order chi connectivity index (χ1) is 9.04. The summed E-state index contributed by atoms with van der Waals surface area (Å²) in [4.78, 5) is 23.9. The number of carboxylic acids is 1. The van der Waals surface area contributed by atoms with E-state index in [9.17, 15) is 9.59 Å². The fourth-order valence-corrected chi connectivity index (χ4v) is 2.16. The van der Waals surface area contributed by atoms with E-state index in [0.717, 1.165) is 26.1 Å². The minimum absolute atomic E-state index is 0.0116. The Kier molecular flexibility index (Phi) is 6.35. The average Bonchev–Trinajstić information content (AvgIpc) is 2.38. The monoisotopic (exact) mass is 270 g/mol. The van der Waals surface area contributed by atoms with Crippen LogP contribution in [0.15, 0.2) is 12.7 Å². The van der Waals surface area contributed by atoms with Crippen LogP contribution >= 0.6 is 0 Å². The fourth-order valence-electron chi connectivity index (χ4n) is 2.16. The quantitative estimate of drug-likeness (QED) is 0.708. The zero-order valence-electron chi connectivity index (χ0n) is 11.3. The summed E-state index contributed by atoms with van der Waals surface area (Å²) in [6.07, 6.45) is 3.35. The van der Waals surface area contributed by atoms with Crippen LogP contribution in [0.1, 0.15) is 19.8 Å². The molecule has 1 atom stereocenters. The summed E-state index contributed by atoms with van der Waals surface area (Å²) in [6, 6.07) is -0.348. The Hall–Kier alpha value is -1.56. The normalized spacial score (nSPS) is 17.5. The molecule has 1 heterocycles. The van der Waals surface area contributed by atoms with Gasteiger partial charge in [0.05, 0.1) is 0 Å². The van der Waals surface area contributed by atoms with E-state index in [2.05, 4.69) is 11.9 Å². The van der Waals surface area contributed by atoms with Crippen molar-refractivity contribution in [1.82, 2.24) is 10.2 Å². The molecule has 6 nitrogen and oxygen atoms in total. The highest BCUT2D eigenvalue weighted by atomic mass is 16.5. The molecule has 1 saturated heterocycles.